The van der Waals surface area contributed by atoms with Gasteiger partial charge in [-0.05, 0) is 122 Å². The molecule has 270 valence electrons. The van der Waals surface area contributed by atoms with Crippen molar-refractivity contribution in [3.8, 4) is 44.5 Å². The van der Waals surface area contributed by atoms with Crippen LogP contribution in [0.1, 0.15) is 59.7 Å². The van der Waals surface area contributed by atoms with Crippen molar-refractivity contribution in [1.82, 2.24) is 0 Å². The van der Waals surface area contributed by atoms with Gasteiger partial charge in [0.15, 0.2) is 0 Å². The van der Waals surface area contributed by atoms with Crippen molar-refractivity contribution >= 4 is 17.1 Å². The van der Waals surface area contributed by atoms with E-state index in [2.05, 4.69) is 222 Å². The fourth-order valence-electron chi connectivity index (χ4n) is 9.60. The number of fused-ring (bicyclic) bond motifs is 10. The molecule has 0 amide bonds. The van der Waals surface area contributed by atoms with E-state index in [0.717, 1.165) is 11.4 Å². The number of hydrogen-bond donors (Lipinski definition) is 0. The van der Waals surface area contributed by atoms with Gasteiger partial charge in [0.05, 0.1) is 11.1 Å². The standard InChI is InChI=1S/C55H45N/c1-36-22-32-45-47-19-12-14-37(2)52(47)55(49(45)34-36)50-35-42(54(3,4)5)27-33-46(50)48-20-13-21-51(53(48)55)56(43-28-23-40(24-29-43)38-15-8-6-9-16-38)44-30-25-41(26-31-44)39-17-10-7-11-18-39/h6-35H,1-5H3. The lowest BCUT2D eigenvalue weighted by atomic mass is 9.67. The van der Waals surface area contributed by atoms with Gasteiger partial charge in [-0.2, -0.15) is 0 Å². The highest BCUT2D eigenvalue weighted by Gasteiger charge is 2.54. The van der Waals surface area contributed by atoms with E-state index in [-0.39, 0.29) is 5.41 Å². The molecular formula is C55H45N. The smallest absolute Gasteiger partial charge is 0.0748 e. The largest absolute Gasteiger partial charge is 0.310 e. The van der Waals surface area contributed by atoms with Crippen LogP contribution in [-0.4, -0.2) is 0 Å². The van der Waals surface area contributed by atoms with E-state index < -0.39 is 5.41 Å². The van der Waals surface area contributed by atoms with Crippen molar-refractivity contribution < 1.29 is 0 Å². The number of nitrogens with zero attached hydrogens (tertiary/aromatic N) is 1. The molecule has 0 saturated carbocycles. The Morgan fingerprint density at radius 1 is 0.411 bits per heavy atom. The van der Waals surface area contributed by atoms with Crippen LogP contribution in [0, 0.1) is 13.8 Å². The SMILES string of the molecule is Cc1ccc2c(c1)C1(c3cc(C(C)(C)C)ccc3-c3cccc(N(c4ccc(-c5ccccc5)cc4)c4ccc(-c5ccccc5)cc4)c31)c1c(C)cccc1-2. The normalized spacial score (nSPS) is 14.9. The molecule has 56 heavy (non-hydrogen) atoms. The first-order valence-electron chi connectivity index (χ1n) is 19.8. The molecular weight excluding hydrogens is 675 g/mol. The van der Waals surface area contributed by atoms with Crippen molar-refractivity contribution in [3.05, 3.63) is 221 Å². The predicted octanol–water partition coefficient (Wildman–Crippen LogP) is 14.7. The van der Waals surface area contributed by atoms with Crippen molar-refractivity contribution in [2.45, 2.75) is 45.4 Å². The maximum atomic E-state index is 2.54. The molecule has 2 aliphatic carbocycles. The van der Waals surface area contributed by atoms with Crippen LogP contribution in [0.4, 0.5) is 17.1 Å². The number of aryl methyl sites for hydroxylation is 2. The third-order valence-electron chi connectivity index (χ3n) is 12.2. The van der Waals surface area contributed by atoms with Crippen molar-refractivity contribution in [2.75, 3.05) is 4.90 Å². The Kier molecular flexibility index (Phi) is 7.80. The van der Waals surface area contributed by atoms with Crippen molar-refractivity contribution in [3.63, 3.8) is 0 Å². The lowest BCUT2D eigenvalue weighted by molar-refractivity contribution is 0.588. The summed E-state index contributed by atoms with van der Waals surface area (Å²) in [6, 6.07) is 68.0. The Hall–Kier alpha value is -6.44. The molecule has 2 aliphatic rings. The Morgan fingerprint density at radius 3 is 1.48 bits per heavy atom. The predicted molar refractivity (Wildman–Crippen MR) is 236 cm³/mol. The molecule has 0 N–H and O–H groups in total. The first-order chi connectivity index (χ1) is 27.2. The van der Waals surface area contributed by atoms with Gasteiger partial charge >= 0.3 is 0 Å². The second-order valence-electron chi connectivity index (χ2n) is 16.7. The average molecular weight is 720 g/mol. The molecule has 8 aromatic rings. The molecule has 0 aromatic heterocycles. The Labute approximate surface area is 331 Å². The van der Waals surface area contributed by atoms with Crippen LogP contribution in [0.2, 0.25) is 0 Å². The Bertz CT molecular complexity index is 2690. The maximum absolute atomic E-state index is 2.54. The van der Waals surface area contributed by atoms with Crippen molar-refractivity contribution in [2.24, 2.45) is 0 Å². The van der Waals surface area contributed by atoms with Crippen LogP contribution in [0.15, 0.2) is 182 Å². The molecule has 1 heteroatoms. The molecule has 1 unspecified atom stereocenters. The highest BCUT2D eigenvalue weighted by atomic mass is 15.1. The summed E-state index contributed by atoms with van der Waals surface area (Å²) in [6.45, 7) is 11.6. The zero-order valence-electron chi connectivity index (χ0n) is 32.8. The minimum Gasteiger partial charge on any atom is -0.310 e. The third-order valence-corrected chi connectivity index (χ3v) is 12.2. The Morgan fingerprint density at radius 2 is 0.911 bits per heavy atom. The van der Waals surface area contributed by atoms with Crippen LogP contribution in [0.5, 0.6) is 0 Å². The Balaban J connectivity index is 1.28. The zero-order valence-corrected chi connectivity index (χ0v) is 32.8. The van der Waals surface area contributed by atoms with Crippen LogP contribution in [0.25, 0.3) is 44.5 Å². The highest BCUT2D eigenvalue weighted by Crippen LogP contribution is 2.66. The second-order valence-corrected chi connectivity index (χ2v) is 16.7. The lowest BCUT2D eigenvalue weighted by Gasteiger charge is -2.37. The molecule has 1 spiro atoms. The summed E-state index contributed by atoms with van der Waals surface area (Å²) >= 11 is 0. The monoisotopic (exact) mass is 719 g/mol. The number of anilines is 3. The van der Waals surface area contributed by atoms with Crippen LogP contribution < -0.4 is 4.90 Å². The minimum atomic E-state index is -0.517. The summed E-state index contributed by atoms with van der Waals surface area (Å²) < 4.78 is 0. The van der Waals surface area contributed by atoms with E-state index in [9.17, 15) is 0 Å². The molecule has 0 heterocycles. The number of benzene rings is 8. The summed E-state index contributed by atoms with van der Waals surface area (Å²) in [5, 5.41) is 0. The molecule has 1 nitrogen and oxygen atoms in total. The van der Waals surface area contributed by atoms with E-state index >= 15 is 0 Å². The van der Waals surface area contributed by atoms with Gasteiger partial charge in [-0.3, -0.25) is 0 Å². The topological polar surface area (TPSA) is 3.24 Å². The highest BCUT2D eigenvalue weighted by molar-refractivity contribution is 6.00. The molecule has 8 aromatic carbocycles. The van der Waals surface area contributed by atoms with E-state index in [1.54, 1.807) is 0 Å². The van der Waals surface area contributed by atoms with Crippen LogP contribution >= 0.6 is 0 Å². The van der Waals surface area contributed by atoms with Gasteiger partial charge in [0.1, 0.15) is 0 Å². The molecule has 0 bridgehead atoms. The summed E-state index contributed by atoms with van der Waals surface area (Å²) in [7, 11) is 0. The molecule has 10 rings (SSSR count). The van der Waals surface area contributed by atoms with E-state index in [1.807, 2.05) is 0 Å². The number of rotatable bonds is 5. The molecule has 0 fully saturated rings. The second kappa shape index (κ2) is 12.8. The van der Waals surface area contributed by atoms with Gasteiger partial charge in [0.2, 0.25) is 0 Å². The molecule has 0 radical (unpaired) electrons. The first kappa shape index (κ1) is 34.1. The third kappa shape index (κ3) is 5.15. The summed E-state index contributed by atoms with van der Waals surface area (Å²) in [5.74, 6) is 0. The zero-order chi connectivity index (χ0) is 38.2. The summed E-state index contributed by atoms with van der Waals surface area (Å²) in [4.78, 5) is 2.51. The quantitative estimate of drug-likeness (QED) is 0.171. The average Bonchev–Trinajstić information content (AvgIpc) is 3.69. The van der Waals surface area contributed by atoms with Gasteiger partial charge in [0, 0.05) is 16.9 Å². The van der Waals surface area contributed by atoms with E-state index in [4.69, 9.17) is 0 Å². The lowest BCUT2D eigenvalue weighted by Crippen LogP contribution is -2.29. The van der Waals surface area contributed by atoms with Gasteiger partial charge in [-0.15, -0.1) is 0 Å². The summed E-state index contributed by atoms with van der Waals surface area (Å²) in [5.41, 5.74) is 22.5. The minimum absolute atomic E-state index is 0.0105. The molecule has 1 atom stereocenters. The van der Waals surface area contributed by atoms with E-state index in [1.165, 1.54) is 89.1 Å². The molecule has 0 saturated heterocycles. The fourth-order valence-corrected chi connectivity index (χ4v) is 9.60. The van der Waals surface area contributed by atoms with Gasteiger partial charge < -0.3 is 4.90 Å². The maximum Gasteiger partial charge on any atom is 0.0748 e. The van der Waals surface area contributed by atoms with E-state index in [0.29, 0.717) is 0 Å². The number of hydrogen-bond acceptors (Lipinski definition) is 1. The van der Waals surface area contributed by atoms with Gasteiger partial charge in [-0.25, -0.2) is 0 Å². The van der Waals surface area contributed by atoms with Gasteiger partial charge in [-0.1, -0.05) is 178 Å². The van der Waals surface area contributed by atoms with Crippen molar-refractivity contribution in [1.29, 1.82) is 0 Å². The van der Waals surface area contributed by atoms with Crippen LogP contribution in [-0.2, 0) is 10.8 Å². The molecule has 0 aliphatic heterocycles. The summed E-state index contributed by atoms with van der Waals surface area (Å²) in [6.07, 6.45) is 0. The first-order valence-corrected chi connectivity index (χ1v) is 19.8. The fraction of sp³-hybridized carbons (Fsp3) is 0.127. The van der Waals surface area contributed by atoms with Gasteiger partial charge in [0.25, 0.3) is 0 Å². The van der Waals surface area contributed by atoms with Crippen LogP contribution in [0.3, 0.4) is 0 Å².